The molecule has 0 bridgehead atoms. The van der Waals surface area contributed by atoms with Gasteiger partial charge in [0.1, 0.15) is 0 Å². The van der Waals surface area contributed by atoms with Crippen LogP contribution in [0.5, 0.6) is 0 Å². The van der Waals surface area contributed by atoms with Crippen LogP contribution in [-0.4, -0.2) is 12.0 Å². The Bertz CT molecular complexity index is 385. The number of halogens is 1. The Labute approximate surface area is 113 Å². The zero-order valence-corrected chi connectivity index (χ0v) is 12.4. The number of nitrogens with one attached hydrogen (secondary N) is 1. The molecule has 2 heteroatoms. The van der Waals surface area contributed by atoms with Gasteiger partial charge in [-0.3, -0.25) is 0 Å². The summed E-state index contributed by atoms with van der Waals surface area (Å²) in [6.07, 6.45) is 5.26. The minimum absolute atomic E-state index is 0.209. The summed E-state index contributed by atoms with van der Waals surface area (Å²) in [5.74, 6) is 0. The lowest BCUT2D eigenvalue weighted by atomic mass is 9.81. The lowest BCUT2D eigenvalue weighted by Crippen LogP contribution is -2.32. The smallest absolute Gasteiger partial charge is 0.0517 e. The highest BCUT2D eigenvalue weighted by Gasteiger charge is 2.21. The van der Waals surface area contributed by atoms with E-state index in [1.165, 1.54) is 31.2 Å². The van der Waals surface area contributed by atoms with Gasteiger partial charge in [-0.1, -0.05) is 48.0 Å². The third-order valence-electron chi connectivity index (χ3n) is 3.79. The van der Waals surface area contributed by atoms with Crippen LogP contribution in [0.1, 0.15) is 43.4 Å². The van der Waals surface area contributed by atoms with Gasteiger partial charge in [0.05, 0.1) is 5.45 Å². The third kappa shape index (κ3) is 3.11. The fourth-order valence-corrected chi connectivity index (χ4v) is 2.81. The van der Waals surface area contributed by atoms with Crippen LogP contribution in [-0.2, 0) is 18.3 Å². The molecule has 1 aromatic carbocycles. The van der Waals surface area contributed by atoms with Crippen molar-refractivity contribution in [2.45, 2.75) is 44.9 Å². The van der Waals surface area contributed by atoms with Crippen LogP contribution in [0.25, 0.3) is 0 Å². The summed E-state index contributed by atoms with van der Waals surface area (Å²) in [6.45, 7) is 5.64. The van der Waals surface area contributed by atoms with Gasteiger partial charge in [-0.15, -0.1) is 0 Å². The summed E-state index contributed by atoms with van der Waals surface area (Å²) in [5, 5.41) is 3.38. The highest BCUT2D eigenvalue weighted by Crippen LogP contribution is 2.28. The normalized spacial score (nSPS) is 15.7. The molecule has 1 aliphatic rings. The van der Waals surface area contributed by atoms with E-state index in [0.717, 1.165) is 12.0 Å². The first kappa shape index (κ1) is 13.1. The summed E-state index contributed by atoms with van der Waals surface area (Å²) in [7, 11) is 0. The second-order valence-electron chi connectivity index (χ2n) is 5.63. The van der Waals surface area contributed by atoms with E-state index in [-0.39, 0.29) is 5.41 Å². The molecule has 0 atom stereocenters. The van der Waals surface area contributed by atoms with E-state index in [1.54, 1.807) is 11.1 Å². The van der Waals surface area contributed by atoms with Gasteiger partial charge in [0.15, 0.2) is 0 Å². The largest absolute Gasteiger partial charge is 0.306 e. The van der Waals surface area contributed by atoms with Crippen molar-refractivity contribution in [1.82, 2.24) is 5.32 Å². The van der Waals surface area contributed by atoms with Gasteiger partial charge >= 0.3 is 0 Å². The molecule has 0 spiro atoms. The van der Waals surface area contributed by atoms with Crippen LogP contribution in [0.2, 0.25) is 0 Å². The lowest BCUT2D eigenvalue weighted by molar-refractivity contribution is 0.489. The van der Waals surface area contributed by atoms with Crippen molar-refractivity contribution in [3.05, 3.63) is 34.9 Å². The zero-order valence-electron chi connectivity index (χ0n) is 10.9. The Morgan fingerprint density at radius 1 is 1.18 bits per heavy atom. The van der Waals surface area contributed by atoms with Crippen LogP contribution in [0.15, 0.2) is 18.2 Å². The van der Waals surface area contributed by atoms with Crippen molar-refractivity contribution < 1.29 is 0 Å². The number of rotatable bonds is 4. The van der Waals surface area contributed by atoms with Crippen molar-refractivity contribution in [1.29, 1.82) is 0 Å². The minimum atomic E-state index is 0.209. The molecule has 0 fully saturated rings. The molecule has 1 nitrogen and oxygen atoms in total. The predicted octanol–water partition coefficient (Wildman–Crippen LogP) is 3.79. The number of aryl methyl sites for hydroxylation is 2. The Kier molecular flexibility index (Phi) is 4.26. The van der Waals surface area contributed by atoms with Gasteiger partial charge < -0.3 is 5.32 Å². The van der Waals surface area contributed by atoms with E-state index < -0.39 is 0 Å². The van der Waals surface area contributed by atoms with Gasteiger partial charge in [-0.25, -0.2) is 0 Å². The first-order valence-corrected chi connectivity index (χ1v) is 7.64. The fraction of sp³-hybridized carbons (Fsp3) is 0.600. The summed E-state index contributed by atoms with van der Waals surface area (Å²) >= 11 is 3.42. The molecule has 1 aliphatic carbocycles. The molecule has 0 heterocycles. The summed E-state index contributed by atoms with van der Waals surface area (Å²) in [5.41, 5.74) is 5.69. The molecule has 1 aromatic rings. The molecule has 1 N–H and O–H groups in total. The maximum Gasteiger partial charge on any atom is 0.0517 e. The Morgan fingerprint density at radius 2 is 1.88 bits per heavy atom. The van der Waals surface area contributed by atoms with Crippen LogP contribution in [0.4, 0.5) is 0 Å². The van der Waals surface area contributed by atoms with Crippen LogP contribution in [0, 0.1) is 0 Å². The molecule has 0 aliphatic heterocycles. The number of hydrogen-bond acceptors (Lipinski definition) is 1. The topological polar surface area (TPSA) is 12.0 Å². The number of alkyl halides is 1. The second-order valence-corrected chi connectivity index (χ2v) is 6.20. The Balaban J connectivity index is 2.20. The minimum Gasteiger partial charge on any atom is -0.306 e. The van der Waals surface area contributed by atoms with Crippen molar-refractivity contribution in [3.63, 3.8) is 0 Å². The summed E-state index contributed by atoms with van der Waals surface area (Å²) < 4.78 is 0. The Morgan fingerprint density at radius 3 is 2.59 bits per heavy atom. The molecular weight excluding hydrogens is 274 g/mol. The monoisotopic (exact) mass is 295 g/mol. The third-order valence-corrected chi connectivity index (χ3v) is 4.19. The zero-order chi connectivity index (χ0) is 12.3. The molecule has 0 aromatic heterocycles. The maximum absolute atomic E-state index is 3.42. The number of hydrogen-bond donors (Lipinski definition) is 1. The maximum atomic E-state index is 3.42. The molecule has 0 saturated carbocycles. The van der Waals surface area contributed by atoms with Gasteiger partial charge in [0, 0.05) is 12.0 Å². The molecular formula is C15H22BrN. The van der Waals surface area contributed by atoms with Crippen molar-refractivity contribution in [2.24, 2.45) is 0 Å². The van der Waals surface area contributed by atoms with E-state index in [1.807, 2.05) is 0 Å². The quantitative estimate of drug-likeness (QED) is 0.658. The summed E-state index contributed by atoms with van der Waals surface area (Å²) in [4.78, 5) is 0. The second kappa shape index (κ2) is 5.53. The molecule has 0 saturated heterocycles. The predicted molar refractivity (Wildman–Crippen MR) is 77.9 cm³/mol. The van der Waals surface area contributed by atoms with E-state index in [2.05, 4.69) is 53.3 Å². The van der Waals surface area contributed by atoms with Gasteiger partial charge in [-0.2, -0.15) is 0 Å². The SMILES string of the molecule is CC(C)(CNCBr)c1ccc2c(c1)CCCC2. The molecule has 2 rings (SSSR count). The highest BCUT2D eigenvalue weighted by molar-refractivity contribution is 9.09. The van der Waals surface area contributed by atoms with E-state index in [9.17, 15) is 0 Å². The van der Waals surface area contributed by atoms with Gasteiger partial charge in [0.25, 0.3) is 0 Å². The first-order chi connectivity index (χ1) is 8.13. The number of benzene rings is 1. The average molecular weight is 296 g/mol. The van der Waals surface area contributed by atoms with Gasteiger partial charge in [0.2, 0.25) is 0 Å². The highest BCUT2D eigenvalue weighted by atomic mass is 79.9. The molecule has 94 valence electrons. The standard InChI is InChI=1S/C15H22BrN/c1-15(2,10-17-11-16)14-8-7-12-5-3-4-6-13(12)9-14/h7-9,17H,3-6,10-11H2,1-2H3. The van der Waals surface area contributed by atoms with Crippen molar-refractivity contribution in [2.75, 3.05) is 12.0 Å². The molecule has 0 amide bonds. The molecule has 0 radical (unpaired) electrons. The van der Waals surface area contributed by atoms with E-state index in [4.69, 9.17) is 0 Å². The van der Waals surface area contributed by atoms with E-state index >= 15 is 0 Å². The lowest BCUT2D eigenvalue weighted by Gasteiger charge is -2.27. The fourth-order valence-electron chi connectivity index (χ4n) is 2.62. The Hall–Kier alpha value is -0.340. The van der Waals surface area contributed by atoms with Crippen molar-refractivity contribution in [3.8, 4) is 0 Å². The summed E-state index contributed by atoms with van der Waals surface area (Å²) in [6, 6.07) is 7.10. The van der Waals surface area contributed by atoms with Crippen molar-refractivity contribution >= 4 is 15.9 Å². The van der Waals surface area contributed by atoms with Crippen LogP contribution >= 0.6 is 15.9 Å². The first-order valence-electron chi connectivity index (χ1n) is 6.52. The molecule has 17 heavy (non-hydrogen) atoms. The van der Waals surface area contributed by atoms with E-state index in [0.29, 0.717) is 0 Å². The number of fused-ring (bicyclic) bond motifs is 1. The van der Waals surface area contributed by atoms with Crippen LogP contribution in [0.3, 0.4) is 0 Å². The van der Waals surface area contributed by atoms with Crippen LogP contribution < -0.4 is 5.32 Å². The van der Waals surface area contributed by atoms with Gasteiger partial charge in [-0.05, 0) is 42.4 Å². The molecule has 0 unspecified atom stereocenters. The average Bonchev–Trinajstić information content (AvgIpc) is 2.36.